The lowest BCUT2D eigenvalue weighted by Crippen LogP contribution is -2.40. The third kappa shape index (κ3) is 1.90. The van der Waals surface area contributed by atoms with Crippen molar-refractivity contribution in [1.82, 2.24) is 5.32 Å². The van der Waals surface area contributed by atoms with Crippen LogP contribution < -0.4 is 5.32 Å². The molecule has 1 aliphatic heterocycles. The molecule has 1 amide bonds. The second-order valence-electron chi connectivity index (χ2n) is 5.84. The molecular weight excluding hydrogens is 274 g/mol. The van der Waals surface area contributed by atoms with E-state index < -0.39 is 5.54 Å². The van der Waals surface area contributed by atoms with Gasteiger partial charge in [0.2, 0.25) is 5.91 Å². The number of ketones is 1. The first-order chi connectivity index (χ1) is 10.7. The van der Waals surface area contributed by atoms with Gasteiger partial charge < -0.3 is 5.32 Å². The summed E-state index contributed by atoms with van der Waals surface area (Å²) >= 11 is 0. The van der Waals surface area contributed by atoms with Crippen LogP contribution >= 0.6 is 0 Å². The molecule has 1 aliphatic carbocycles. The van der Waals surface area contributed by atoms with E-state index >= 15 is 0 Å². The smallest absolute Gasteiger partial charge is 0.221 e. The number of benzene rings is 2. The van der Waals surface area contributed by atoms with Crippen molar-refractivity contribution in [1.29, 1.82) is 0 Å². The second-order valence-corrected chi connectivity index (χ2v) is 5.84. The minimum Gasteiger partial charge on any atom is -0.343 e. The Morgan fingerprint density at radius 1 is 0.955 bits per heavy atom. The van der Waals surface area contributed by atoms with Gasteiger partial charge in [0.25, 0.3) is 0 Å². The molecule has 1 saturated heterocycles. The highest BCUT2D eigenvalue weighted by molar-refractivity contribution is 6.08. The molecule has 3 heteroatoms. The third-order valence-corrected chi connectivity index (χ3v) is 4.50. The van der Waals surface area contributed by atoms with Gasteiger partial charge in [0.1, 0.15) is 0 Å². The highest BCUT2D eigenvalue weighted by Crippen LogP contribution is 2.39. The fourth-order valence-corrected chi connectivity index (χ4v) is 3.35. The summed E-state index contributed by atoms with van der Waals surface area (Å²) in [6.07, 6.45) is 4.61. The minimum atomic E-state index is -0.523. The number of carbonyl (C=O) groups is 2. The van der Waals surface area contributed by atoms with Gasteiger partial charge in [0, 0.05) is 12.0 Å². The highest BCUT2D eigenvalue weighted by Gasteiger charge is 2.41. The molecule has 3 nitrogen and oxygen atoms in total. The van der Waals surface area contributed by atoms with E-state index in [1.165, 1.54) is 0 Å². The molecule has 108 valence electrons. The van der Waals surface area contributed by atoms with Crippen LogP contribution in [0.3, 0.4) is 0 Å². The number of nitrogens with one attached hydrogen (secondary N) is 1. The van der Waals surface area contributed by atoms with Crippen molar-refractivity contribution < 1.29 is 9.59 Å². The summed E-state index contributed by atoms with van der Waals surface area (Å²) in [5.41, 5.74) is 3.23. The summed E-state index contributed by atoms with van der Waals surface area (Å²) in [7, 11) is 0. The van der Waals surface area contributed by atoms with E-state index in [9.17, 15) is 9.59 Å². The molecule has 1 fully saturated rings. The Morgan fingerprint density at radius 2 is 1.77 bits per heavy atom. The van der Waals surface area contributed by atoms with Crippen LogP contribution in [0.5, 0.6) is 0 Å². The zero-order valence-electron chi connectivity index (χ0n) is 12.0. The first-order valence-electron chi connectivity index (χ1n) is 7.42. The molecule has 4 rings (SSSR count). The summed E-state index contributed by atoms with van der Waals surface area (Å²) < 4.78 is 0. The van der Waals surface area contributed by atoms with Gasteiger partial charge in [-0.05, 0) is 35.3 Å². The number of hydrogen-bond acceptors (Lipinski definition) is 2. The van der Waals surface area contributed by atoms with E-state index in [0.717, 1.165) is 16.7 Å². The van der Waals surface area contributed by atoms with Gasteiger partial charge >= 0.3 is 0 Å². The Kier molecular flexibility index (Phi) is 2.76. The molecule has 1 spiro atoms. The predicted molar refractivity (Wildman–Crippen MR) is 84.4 cm³/mol. The molecular formula is C19H15NO2. The molecule has 1 heterocycles. The zero-order valence-corrected chi connectivity index (χ0v) is 12.0. The lowest BCUT2D eigenvalue weighted by atomic mass is 9.78. The molecule has 2 aromatic carbocycles. The molecule has 0 unspecified atom stereocenters. The van der Waals surface area contributed by atoms with Gasteiger partial charge in [0.15, 0.2) is 5.78 Å². The number of carbonyl (C=O) groups excluding carboxylic acids is 2. The van der Waals surface area contributed by atoms with Crippen LogP contribution in [-0.2, 0) is 10.3 Å². The maximum Gasteiger partial charge on any atom is 0.221 e. The number of fused-ring (bicyclic) bond motifs is 2. The zero-order chi connectivity index (χ0) is 15.2. The first kappa shape index (κ1) is 13.0. The molecule has 1 N–H and O–H groups in total. The van der Waals surface area contributed by atoms with Gasteiger partial charge in [0.05, 0.1) is 5.54 Å². The fourth-order valence-electron chi connectivity index (χ4n) is 3.35. The van der Waals surface area contributed by atoms with Crippen molar-refractivity contribution in [2.24, 2.45) is 0 Å². The summed E-state index contributed by atoms with van der Waals surface area (Å²) in [4.78, 5) is 23.9. The van der Waals surface area contributed by atoms with Crippen molar-refractivity contribution in [2.45, 2.75) is 18.4 Å². The lowest BCUT2D eigenvalue weighted by molar-refractivity contribution is -0.119. The molecule has 1 atom stereocenters. The second kappa shape index (κ2) is 4.67. The van der Waals surface area contributed by atoms with Crippen molar-refractivity contribution in [3.05, 3.63) is 71.8 Å². The molecule has 22 heavy (non-hydrogen) atoms. The Hall–Kier alpha value is -2.68. The maximum atomic E-state index is 12.2. The van der Waals surface area contributed by atoms with E-state index in [4.69, 9.17) is 0 Å². The summed E-state index contributed by atoms with van der Waals surface area (Å²) in [6, 6.07) is 15.9. The van der Waals surface area contributed by atoms with Crippen LogP contribution in [0.15, 0.2) is 60.7 Å². The SMILES string of the molecule is O=C1CC[C@@]2(C=CC(=O)c3ccc(-c4ccccc4)cc32)N1. The van der Waals surface area contributed by atoms with Crippen molar-refractivity contribution in [2.75, 3.05) is 0 Å². The van der Waals surface area contributed by atoms with Crippen LogP contribution in [0.2, 0.25) is 0 Å². The number of hydrogen-bond donors (Lipinski definition) is 1. The van der Waals surface area contributed by atoms with Gasteiger partial charge in [-0.3, -0.25) is 9.59 Å². The molecule has 2 aliphatic rings. The highest BCUT2D eigenvalue weighted by atomic mass is 16.2. The summed E-state index contributed by atoms with van der Waals surface area (Å²) in [6.45, 7) is 0. The van der Waals surface area contributed by atoms with Gasteiger partial charge in [-0.2, -0.15) is 0 Å². The van der Waals surface area contributed by atoms with E-state index in [1.54, 1.807) is 6.08 Å². The first-order valence-corrected chi connectivity index (χ1v) is 7.42. The van der Waals surface area contributed by atoms with Gasteiger partial charge in [-0.15, -0.1) is 0 Å². The van der Waals surface area contributed by atoms with Gasteiger partial charge in [-0.1, -0.05) is 48.5 Å². The average molecular weight is 289 g/mol. The number of allylic oxidation sites excluding steroid dienone is 1. The Morgan fingerprint density at radius 3 is 2.50 bits per heavy atom. The quantitative estimate of drug-likeness (QED) is 0.876. The minimum absolute atomic E-state index is 0.00128. The van der Waals surface area contributed by atoms with E-state index in [2.05, 4.69) is 5.32 Å². The average Bonchev–Trinajstić information content (AvgIpc) is 2.94. The topological polar surface area (TPSA) is 46.2 Å². The summed E-state index contributed by atoms with van der Waals surface area (Å²) in [5, 5.41) is 3.05. The van der Waals surface area contributed by atoms with Crippen molar-refractivity contribution in [3.63, 3.8) is 0 Å². The molecule has 0 bridgehead atoms. The Balaban J connectivity index is 1.89. The van der Waals surface area contributed by atoms with E-state index in [0.29, 0.717) is 18.4 Å². The van der Waals surface area contributed by atoms with Crippen LogP contribution in [0, 0.1) is 0 Å². The van der Waals surface area contributed by atoms with E-state index in [-0.39, 0.29) is 11.7 Å². The van der Waals surface area contributed by atoms with Crippen LogP contribution in [0.1, 0.15) is 28.8 Å². The summed E-state index contributed by atoms with van der Waals surface area (Å²) in [5.74, 6) is 0.0384. The van der Waals surface area contributed by atoms with Crippen LogP contribution in [-0.4, -0.2) is 11.7 Å². The fraction of sp³-hybridized carbons (Fsp3) is 0.158. The largest absolute Gasteiger partial charge is 0.343 e. The number of rotatable bonds is 1. The Labute approximate surface area is 128 Å². The maximum absolute atomic E-state index is 12.2. The molecule has 2 aromatic rings. The molecule has 0 radical (unpaired) electrons. The van der Waals surface area contributed by atoms with Crippen LogP contribution in [0.25, 0.3) is 11.1 Å². The number of amides is 1. The van der Waals surface area contributed by atoms with E-state index in [1.807, 2.05) is 54.6 Å². The normalized spacial score (nSPS) is 22.7. The predicted octanol–water partition coefficient (Wildman–Crippen LogP) is 3.21. The van der Waals surface area contributed by atoms with Crippen molar-refractivity contribution >= 4 is 11.7 Å². The van der Waals surface area contributed by atoms with Crippen molar-refractivity contribution in [3.8, 4) is 11.1 Å². The molecule has 0 saturated carbocycles. The molecule has 0 aromatic heterocycles. The standard InChI is InChI=1S/C19H15NO2/c21-17-8-10-19(11-9-18(22)20-19)16-12-14(6-7-15(16)17)13-4-2-1-3-5-13/h1-8,10,12H,9,11H2,(H,20,22)/t19-/m1/s1. The third-order valence-electron chi connectivity index (χ3n) is 4.50. The monoisotopic (exact) mass is 289 g/mol. The van der Waals surface area contributed by atoms with Gasteiger partial charge in [-0.25, -0.2) is 0 Å². The Bertz CT molecular complexity index is 807. The van der Waals surface area contributed by atoms with Crippen LogP contribution in [0.4, 0.5) is 0 Å². The lowest BCUT2D eigenvalue weighted by Gasteiger charge is -2.31.